The number of hydrogen-bond donors (Lipinski definition) is 0. The normalized spacial score (nSPS) is 23.8. The van der Waals surface area contributed by atoms with Gasteiger partial charge in [-0.3, -0.25) is 4.79 Å². The summed E-state index contributed by atoms with van der Waals surface area (Å²) in [6.07, 6.45) is 6.65. The molecule has 2 aromatic rings. The first-order chi connectivity index (χ1) is 14.3. The van der Waals surface area contributed by atoms with E-state index in [1.165, 1.54) is 10.4 Å². The minimum absolute atomic E-state index is 0.0165. The number of fused-ring (bicyclic) bond motifs is 2. The molecule has 0 aliphatic heterocycles. The standard InChI is InChI=1S/C27H32O2Si/c1-21-19-27(16-15-25(28)24(21)20-27)17-18-29-30(26(2,3)4,22-11-7-5-8-12-22)23-13-9-6-10-14-23/h5-16,24H,1,17-20H2,2-4H3/t24-,27+/m1/s1. The van der Waals surface area contributed by atoms with E-state index < -0.39 is 8.32 Å². The van der Waals surface area contributed by atoms with Crippen molar-refractivity contribution < 1.29 is 9.22 Å². The van der Waals surface area contributed by atoms with Crippen LogP contribution in [0.3, 0.4) is 0 Å². The lowest BCUT2D eigenvalue weighted by molar-refractivity contribution is -0.117. The van der Waals surface area contributed by atoms with Crippen LogP contribution >= 0.6 is 0 Å². The highest BCUT2D eigenvalue weighted by Gasteiger charge is 2.51. The molecule has 0 heterocycles. The number of hydrogen-bond acceptors (Lipinski definition) is 2. The van der Waals surface area contributed by atoms with Crippen molar-refractivity contribution in [2.75, 3.05) is 6.61 Å². The van der Waals surface area contributed by atoms with Crippen LogP contribution in [0.1, 0.15) is 40.0 Å². The summed E-state index contributed by atoms with van der Waals surface area (Å²) in [4.78, 5) is 12.2. The van der Waals surface area contributed by atoms with Gasteiger partial charge in [-0.05, 0) is 46.2 Å². The Morgan fingerprint density at radius 1 is 1.03 bits per heavy atom. The third-order valence-electron chi connectivity index (χ3n) is 6.96. The number of rotatable bonds is 6. The first-order valence-corrected chi connectivity index (χ1v) is 12.8. The topological polar surface area (TPSA) is 26.3 Å². The highest BCUT2D eigenvalue weighted by Crippen LogP contribution is 2.51. The molecule has 2 aliphatic carbocycles. The lowest BCUT2D eigenvalue weighted by Gasteiger charge is -2.43. The molecule has 0 unspecified atom stereocenters. The average Bonchev–Trinajstić information content (AvgIpc) is 3.01. The van der Waals surface area contributed by atoms with Crippen molar-refractivity contribution in [2.45, 2.75) is 45.1 Å². The summed E-state index contributed by atoms with van der Waals surface area (Å²) < 4.78 is 7.07. The summed E-state index contributed by atoms with van der Waals surface area (Å²) in [6, 6.07) is 21.6. The largest absolute Gasteiger partial charge is 0.407 e. The third kappa shape index (κ3) is 3.55. The quantitative estimate of drug-likeness (QED) is 0.487. The maximum atomic E-state index is 12.2. The maximum Gasteiger partial charge on any atom is 0.261 e. The molecule has 0 aromatic heterocycles. The van der Waals surface area contributed by atoms with Crippen LogP contribution in [0.5, 0.6) is 0 Å². The third-order valence-corrected chi connectivity index (χ3v) is 12.0. The fraction of sp³-hybridized carbons (Fsp3) is 0.370. The number of ketones is 1. The Labute approximate surface area is 181 Å². The van der Waals surface area contributed by atoms with Gasteiger partial charge in [-0.2, -0.15) is 0 Å². The molecule has 2 bridgehead atoms. The van der Waals surface area contributed by atoms with Crippen LogP contribution < -0.4 is 10.4 Å². The molecule has 2 atom stereocenters. The molecule has 2 aliphatic rings. The lowest BCUT2D eigenvalue weighted by atomic mass is 9.78. The van der Waals surface area contributed by atoms with Gasteiger partial charge in [0.15, 0.2) is 5.78 Å². The monoisotopic (exact) mass is 416 g/mol. The maximum absolute atomic E-state index is 12.2. The van der Waals surface area contributed by atoms with Gasteiger partial charge in [0.25, 0.3) is 8.32 Å². The Hall–Kier alpha value is -2.23. The molecule has 0 spiro atoms. The van der Waals surface area contributed by atoms with Crippen LogP contribution in [0.25, 0.3) is 0 Å². The van der Waals surface area contributed by atoms with E-state index in [1.807, 2.05) is 0 Å². The fourth-order valence-electron chi connectivity index (χ4n) is 5.45. The Balaban J connectivity index is 1.67. The molecule has 2 nitrogen and oxygen atoms in total. The molecule has 0 N–H and O–H groups in total. The van der Waals surface area contributed by atoms with E-state index in [-0.39, 0.29) is 22.2 Å². The minimum Gasteiger partial charge on any atom is -0.407 e. The Morgan fingerprint density at radius 3 is 2.13 bits per heavy atom. The van der Waals surface area contributed by atoms with Gasteiger partial charge in [-0.15, -0.1) is 0 Å². The first kappa shape index (κ1) is 21.0. The zero-order chi connectivity index (χ0) is 21.4. The molecule has 1 fully saturated rings. The van der Waals surface area contributed by atoms with Crippen LogP contribution in [0.4, 0.5) is 0 Å². The lowest BCUT2D eigenvalue weighted by Crippen LogP contribution is -2.66. The Kier molecular flexibility index (Phi) is 5.46. The van der Waals surface area contributed by atoms with Crippen LogP contribution in [0.2, 0.25) is 5.04 Å². The highest BCUT2D eigenvalue weighted by atomic mass is 28.4. The second-order valence-corrected chi connectivity index (χ2v) is 14.3. The van der Waals surface area contributed by atoms with Gasteiger partial charge in [-0.25, -0.2) is 0 Å². The summed E-state index contributed by atoms with van der Waals surface area (Å²) in [7, 11) is -2.51. The van der Waals surface area contributed by atoms with Crippen LogP contribution in [-0.2, 0) is 9.22 Å². The SMILES string of the molecule is C=C1C[C@@]2(CCO[Si](c3ccccc3)(c3ccccc3)C(C)(C)C)C=CC(=O)[C@@H]1C2. The van der Waals surface area contributed by atoms with Crippen molar-refractivity contribution in [1.29, 1.82) is 0 Å². The number of benzene rings is 2. The highest BCUT2D eigenvalue weighted by molar-refractivity contribution is 6.99. The van der Waals surface area contributed by atoms with E-state index in [9.17, 15) is 4.79 Å². The van der Waals surface area contributed by atoms with Crippen molar-refractivity contribution in [3.8, 4) is 0 Å². The van der Waals surface area contributed by atoms with E-state index in [0.29, 0.717) is 6.61 Å². The summed E-state index contributed by atoms with van der Waals surface area (Å²) >= 11 is 0. The number of carbonyl (C=O) groups excluding carboxylic acids is 1. The summed E-state index contributed by atoms with van der Waals surface area (Å²) in [5, 5.41) is 2.60. The summed E-state index contributed by atoms with van der Waals surface area (Å²) in [5.74, 6) is 0.240. The molecule has 30 heavy (non-hydrogen) atoms. The van der Waals surface area contributed by atoms with Gasteiger partial charge in [0.05, 0.1) is 0 Å². The predicted molar refractivity (Wildman–Crippen MR) is 127 cm³/mol. The van der Waals surface area contributed by atoms with E-state index in [2.05, 4.69) is 94.1 Å². The molecule has 4 rings (SSSR count). The van der Waals surface area contributed by atoms with Gasteiger partial charge >= 0.3 is 0 Å². The average molecular weight is 417 g/mol. The zero-order valence-corrected chi connectivity index (χ0v) is 19.4. The first-order valence-electron chi connectivity index (χ1n) is 10.9. The van der Waals surface area contributed by atoms with E-state index >= 15 is 0 Å². The van der Waals surface area contributed by atoms with Crippen LogP contribution in [0.15, 0.2) is 85.0 Å². The van der Waals surface area contributed by atoms with Crippen molar-refractivity contribution in [1.82, 2.24) is 0 Å². The number of carbonyl (C=O) groups is 1. The van der Waals surface area contributed by atoms with Crippen LogP contribution in [-0.4, -0.2) is 20.7 Å². The number of allylic oxidation sites excluding steroid dienone is 3. The molecule has 1 saturated carbocycles. The molecular weight excluding hydrogens is 384 g/mol. The molecule has 156 valence electrons. The van der Waals surface area contributed by atoms with Gasteiger partial charge in [0.1, 0.15) is 0 Å². The van der Waals surface area contributed by atoms with Crippen molar-refractivity contribution in [3.05, 3.63) is 85.0 Å². The molecule has 0 amide bonds. The van der Waals surface area contributed by atoms with Gasteiger partial charge in [-0.1, -0.05) is 99.7 Å². The van der Waals surface area contributed by atoms with E-state index in [0.717, 1.165) is 24.8 Å². The smallest absolute Gasteiger partial charge is 0.261 e. The van der Waals surface area contributed by atoms with E-state index in [1.54, 1.807) is 6.08 Å². The molecule has 0 radical (unpaired) electrons. The van der Waals surface area contributed by atoms with Gasteiger partial charge in [0.2, 0.25) is 0 Å². The molecule has 2 aromatic carbocycles. The minimum atomic E-state index is -2.51. The second-order valence-electron chi connectivity index (χ2n) is 9.95. The van der Waals surface area contributed by atoms with Crippen molar-refractivity contribution in [3.63, 3.8) is 0 Å². The summed E-state index contributed by atoms with van der Waals surface area (Å²) in [6.45, 7) is 11.8. The van der Waals surface area contributed by atoms with Gasteiger partial charge in [0, 0.05) is 12.5 Å². The van der Waals surface area contributed by atoms with Gasteiger partial charge < -0.3 is 4.43 Å². The van der Waals surface area contributed by atoms with Crippen molar-refractivity contribution >= 4 is 24.5 Å². The molecule has 0 saturated heterocycles. The van der Waals surface area contributed by atoms with E-state index in [4.69, 9.17) is 4.43 Å². The summed E-state index contributed by atoms with van der Waals surface area (Å²) in [5.41, 5.74) is 1.12. The molecule has 3 heteroatoms. The zero-order valence-electron chi connectivity index (χ0n) is 18.4. The Bertz CT molecular complexity index is 916. The van der Waals surface area contributed by atoms with Crippen LogP contribution in [0, 0.1) is 11.3 Å². The molecular formula is C27H32O2Si. The fourth-order valence-corrected chi connectivity index (χ4v) is 10.0. The Morgan fingerprint density at radius 2 is 1.60 bits per heavy atom. The van der Waals surface area contributed by atoms with Crippen molar-refractivity contribution in [2.24, 2.45) is 11.3 Å². The second kappa shape index (κ2) is 7.79. The predicted octanol–water partition coefficient (Wildman–Crippen LogP) is 5.04.